The van der Waals surface area contributed by atoms with Crippen LogP contribution in [0.4, 0.5) is 5.69 Å². The monoisotopic (exact) mass is 395 g/mol. The van der Waals surface area contributed by atoms with Crippen LogP contribution >= 0.6 is 11.3 Å². The minimum Gasteiger partial charge on any atom is -0.497 e. The Kier molecular flexibility index (Phi) is 6.18. The third-order valence-electron chi connectivity index (χ3n) is 3.84. The lowest BCUT2D eigenvalue weighted by Crippen LogP contribution is -2.22. The predicted molar refractivity (Wildman–Crippen MR) is 106 cm³/mol. The highest BCUT2D eigenvalue weighted by atomic mass is 32.1. The first-order valence-corrected chi connectivity index (χ1v) is 9.24. The number of hydrogen-bond acceptors (Lipinski definition) is 6. The molecule has 1 N–H and O–H groups in total. The molecule has 0 saturated heterocycles. The molecule has 0 fully saturated rings. The van der Waals surface area contributed by atoms with E-state index >= 15 is 0 Å². The smallest absolute Gasteiger partial charge is 0.339 e. The van der Waals surface area contributed by atoms with Gasteiger partial charge in [-0.3, -0.25) is 9.59 Å². The van der Waals surface area contributed by atoms with E-state index < -0.39 is 18.5 Å². The number of ether oxygens (including phenoxy) is 2. The molecule has 0 saturated carbocycles. The number of thiophene rings is 1. The highest BCUT2D eigenvalue weighted by Crippen LogP contribution is 2.19. The van der Waals surface area contributed by atoms with Crippen molar-refractivity contribution in [3.63, 3.8) is 0 Å². The van der Waals surface area contributed by atoms with E-state index in [1.807, 2.05) is 0 Å². The van der Waals surface area contributed by atoms with E-state index in [4.69, 9.17) is 9.47 Å². The molecular weight excluding hydrogens is 378 g/mol. The first kappa shape index (κ1) is 19.3. The summed E-state index contributed by atoms with van der Waals surface area (Å²) in [6, 6.07) is 16.6. The second-order valence-electron chi connectivity index (χ2n) is 5.70. The maximum atomic E-state index is 12.6. The lowest BCUT2D eigenvalue weighted by molar-refractivity contribution is -0.119. The highest BCUT2D eigenvalue weighted by molar-refractivity contribution is 7.12. The normalized spacial score (nSPS) is 10.2. The Hall–Kier alpha value is -3.45. The Balaban J connectivity index is 1.63. The van der Waals surface area contributed by atoms with Gasteiger partial charge in [-0.1, -0.05) is 24.3 Å². The van der Waals surface area contributed by atoms with Gasteiger partial charge in [-0.15, -0.1) is 11.3 Å². The zero-order chi connectivity index (χ0) is 19.9. The van der Waals surface area contributed by atoms with E-state index in [9.17, 15) is 14.4 Å². The molecule has 0 aliphatic rings. The molecule has 6 nitrogen and oxygen atoms in total. The van der Waals surface area contributed by atoms with Crippen LogP contribution in [0.1, 0.15) is 25.6 Å². The Bertz CT molecular complexity index is 980. The van der Waals surface area contributed by atoms with Crippen molar-refractivity contribution in [2.45, 2.75) is 0 Å². The van der Waals surface area contributed by atoms with Gasteiger partial charge < -0.3 is 14.8 Å². The van der Waals surface area contributed by atoms with Crippen LogP contribution in [0, 0.1) is 0 Å². The summed E-state index contributed by atoms with van der Waals surface area (Å²) < 4.78 is 10.1. The van der Waals surface area contributed by atoms with Gasteiger partial charge in [0.05, 0.1) is 17.6 Å². The fraction of sp³-hybridized carbons (Fsp3) is 0.0952. The molecule has 142 valence electrons. The van der Waals surface area contributed by atoms with Crippen LogP contribution in [0.25, 0.3) is 0 Å². The fourth-order valence-electron chi connectivity index (χ4n) is 2.48. The summed E-state index contributed by atoms with van der Waals surface area (Å²) in [6.45, 7) is -0.466. The Morgan fingerprint density at radius 2 is 1.64 bits per heavy atom. The van der Waals surface area contributed by atoms with Gasteiger partial charge in [0.1, 0.15) is 5.75 Å². The SMILES string of the molecule is COc1ccc(NC(=O)COC(=O)c2ccccc2C(=O)c2cccs2)cc1. The number of amides is 1. The molecular formula is C21H17NO5S. The number of anilines is 1. The number of benzene rings is 2. The summed E-state index contributed by atoms with van der Waals surface area (Å²) >= 11 is 1.29. The molecule has 1 heterocycles. The van der Waals surface area contributed by atoms with Crippen LogP contribution in [0.3, 0.4) is 0 Å². The number of rotatable bonds is 7. The molecule has 0 spiro atoms. The van der Waals surface area contributed by atoms with Crippen molar-refractivity contribution in [1.82, 2.24) is 0 Å². The number of carbonyl (C=O) groups excluding carboxylic acids is 3. The molecule has 0 bridgehead atoms. The number of nitrogens with one attached hydrogen (secondary N) is 1. The van der Waals surface area contributed by atoms with Crippen LogP contribution in [0.2, 0.25) is 0 Å². The largest absolute Gasteiger partial charge is 0.497 e. The molecule has 1 aromatic heterocycles. The van der Waals surface area contributed by atoms with Gasteiger partial charge in [0, 0.05) is 11.3 Å². The van der Waals surface area contributed by atoms with Crippen LogP contribution in [0.5, 0.6) is 5.75 Å². The Labute approximate surface area is 165 Å². The summed E-state index contributed by atoms with van der Waals surface area (Å²) in [5.41, 5.74) is 0.916. The molecule has 0 aliphatic carbocycles. The topological polar surface area (TPSA) is 81.7 Å². The standard InChI is InChI=1S/C21H17NO5S/c1-26-15-10-8-14(9-11-15)22-19(23)13-27-21(25)17-6-3-2-5-16(17)20(24)18-7-4-12-28-18/h2-12H,13H2,1H3,(H,22,23). The Morgan fingerprint density at radius 1 is 0.929 bits per heavy atom. The predicted octanol–water partition coefficient (Wildman–Crippen LogP) is 3.78. The molecule has 28 heavy (non-hydrogen) atoms. The lowest BCUT2D eigenvalue weighted by atomic mass is 10.0. The van der Waals surface area contributed by atoms with Crippen LogP contribution < -0.4 is 10.1 Å². The second kappa shape index (κ2) is 8.96. The molecule has 0 unspecified atom stereocenters. The van der Waals surface area contributed by atoms with Crippen LogP contribution in [-0.2, 0) is 9.53 Å². The molecule has 0 radical (unpaired) electrons. The summed E-state index contributed by atoms with van der Waals surface area (Å²) in [5, 5.41) is 4.41. The maximum absolute atomic E-state index is 12.6. The second-order valence-corrected chi connectivity index (χ2v) is 6.65. The summed E-state index contributed by atoms with van der Waals surface area (Å²) in [4.78, 5) is 37.5. The van der Waals surface area contributed by atoms with E-state index in [1.54, 1.807) is 67.1 Å². The van der Waals surface area contributed by atoms with Gasteiger partial charge in [-0.05, 0) is 41.8 Å². The summed E-state index contributed by atoms with van der Waals surface area (Å²) in [6.07, 6.45) is 0. The van der Waals surface area contributed by atoms with Gasteiger partial charge in [0.25, 0.3) is 5.91 Å². The molecule has 7 heteroatoms. The number of esters is 1. The number of ketones is 1. The minimum absolute atomic E-state index is 0.123. The van der Waals surface area contributed by atoms with Crippen molar-refractivity contribution < 1.29 is 23.9 Å². The average Bonchev–Trinajstić information content (AvgIpc) is 3.27. The van der Waals surface area contributed by atoms with Crippen molar-refractivity contribution in [1.29, 1.82) is 0 Å². The molecule has 1 amide bonds. The van der Waals surface area contributed by atoms with Crippen LogP contribution in [-0.4, -0.2) is 31.4 Å². The van der Waals surface area contributed by atoms with E-state index in [2.05, 4.69) is 5.32 Å². The first-order chi connectivity index (χ1) is 13.6. The third-order valence-corrected chi connectivity index (χ3v) is 4.71. The first-order valence-electron chi connectivity index (χ1n) is 8.36. The van der Waals surface area contributed by atoms with Crippen LogP contribution in [0.15, 0.2) is 66.0 Å². The number of hydrogen-bond donors (Lipinski definition) is 1. The van der Waals surface area contributed by atoms with Gasteiger partial charge in [-0.25, -0.2) is 4.79 Å². The average molecular weight is 395 g/mol. The van der Waals surface area contributed by atoms with Crippen molar-refractivity contribution in [3.05, 3.63) is 82.0 Å². The molecule has 3 rings (SSSR count). The quantitative estimate of drug-likeness (QED) is 0.486. The summed E-state index contributed by atoms with van der Waals surface area (Å²) in [5.74, 6) is -0.812. The highest BCUT2D eigenvalue weighted by Gasteiger charge is 2.20. The zero-order valence-corrected chi connectivity index (χ0v) is 15.8. The molecule has 0 atom stereocenters. The third kappa shape index (κ3) is 4.63. The molecule has 3 aromatic rings. The zero-order valence-electron chi connectivity index (χ0n) is 15.0. The maximum Gasteiger partial charge on any atom is 0.339 e. The summed E-state index contributed by atoms with van der Waals surface area (Å²) in [7, 11) is 1.55. The van der Waals surface area contributed by atoms with Gasteiger partial charge >= 0.3 is 5.97 Å². The van der Waals surface area contributed by atoms with Gasteiger partial charge in [-0.2, -0.15) is 0 Å². The van der Waals surface area contributed by atoms with Gasteiger partial charge in [0.2, 0.25) is 5.78 Å². The molecule has 0 aliphatic heterocycles. The number of carbonyl (C=O) groups is 3. The lowest BCUT2D eigenvalue weighted by Gasteiger charge is -2.09. The fourth-order valence-corrected chi connectivity index (χ4v) is 3.16. The molecule has 2 aromatic carbocycles. The van der Waals surface area contributed by atoms with Crippen molar-refractivity contribution in [3.8, 4) is 5.75 Å². The van der Waals surface area contributed by atoms with Crippen molar-refractivity contribution in [2.75, 3.05) is 19.0 Å². The van der Waals surface area contributed by atoms with Gasteiger partial charge in [0.15, 0.2) is 6.61 Å². The van der Waals surface area contributed by atoms with E-state index in [0.29, 0.717) is 16.3 Å². The minimum atomic E-state index is -0.731. The number of methoxy groups -OCH3 is 1. The van der Waals surface area contributed by atoms with Crippen molar-refractivity contribution >= 4 is 34.7 Å². The van der Waals surface area contributed by atoms with E-state index in [0.717, 1.165) is 0 Å². The van der Waals surface area contributed by atoms with E-state index in [1.165, 1.54) is 17.4 Å². The Morgan fingerprint density at radius 3 is 2.29 bits per heavy atom. The van der Waals surface area contributed by atoms with Crippen molar-refractivity contribution in [2.24, 2.45) is 0 Å². The van der Waals surface area contributed by atoms with E-state index in [-0.39, 0.29) is 16.9 Å².